The van der Waals surface area contributed by atoms with Crippen LogP contribution in [0.15, 0.2) is 99.6 Å². The lowest BCUT2D eigenvalue weighted by molar-refractivity contribution is -0.233. The Hall–Kier alpha value is -2.80. The summed E-state index contributed by atoms with van der Waals surface area (Å²) < 4.78 is 23.2. The molecule has 3 aromatic rings. The third-order valence-corrected chi connectivity index (χ3v) is 12.9. The van der Waals surface area contributed by atoms with Crippen molar-refractivity contribution >= 4 is 16.0 Å². The second-order valence-corrected chi connectivity index (χ2v) is 15.4. The van der Waals surface area contributed by atoms with E-state index in [4.69, 9.17) is 18.9 Å². The maximum atomic E-state index is 12.8. The number of ether oxygens (including phenoxy) is 4. The molecule has 0 radical (unpaired) electrons. The van der Waals surface area contributed by atoms with E-state index in [1.165, 1.54) is 21.1 Å². The zero-order chi connectivity index (χ0) is 27.6. The summed E-state index contributed by atoms with van der Waals surface area (Å²) >= 11 is 0. The predicted octanol–water partition coefficient (Wildman–Crippen LogP) is 7.48. The van der Waals surface area contributed by atoms with Crippen molar-refractivity contribution in [3.63, 3.8) is 0 Å². The van der Waals surface area contributed by atoms with E-state index in [0.717, 1.165) is 32.1 Å². The van der Waals surface area contributed by atoms with Gasteiger partial charge in [0.1, 0.15) is 12.5 Å². The third-order valence-electron chi connectivity index (χ3n) is 9.23. The highest BCUT2D eigenvalue weighted by Gasteiger charge is 2.58. The van der Waals surface area contributed by atoms with Crippen LogP contribution in [0.1, 0.15) is 38.5 Å². The number of carbonyl (C=O) groups is 1. The molecule has 0 N–H and O–H groups in total. The molecule has 0 aromatic heterocycles. The molecule has 7 rings (SSSR count). The lowest BCUT2D eigenvalue weighted by atomic mass is 9.48. The average Bonchev–Trinajstić information content (AvgIpc) is 2.98. The Morgan fingerprint density at radius 2 is 1.40 bits per heavy atom. The second kappa shape index (κ2) is 11.2. The predicted molar refractivity (Wildman–Crippen MR) is 157 cm³/mol. The molecule has 4 saturated carbocycles. The molecule has 0 heterocycles. The van der Waals surface area contributed by atoms with Gasteiger partial charge in [0.05, 0.1) is 12.2 Å². The van der Waals surface area contributed by atoms with Crippen LogP contribution in [0.3, 0.4) is 0 Å². The van der Waals surface area contributed by atoms with Gasteiger partial charge in [0.2, 0.25) is 0 Å². The monoisotopic (exact) mass is 560 g/mol. The molecule has 0 aliphatic heterocycles. The first-order chi connectivity index (χ1) is 19.4. The van der Waals surface area contributed by atoms with Crippen molar-refractivity contribution in [2.45, 2.75) is 58.8 Å². The molecule has 2 unspecified atom stereocenters. The first kappa shape index (κ1) is 27.4. The van der Waals surface area contributed by atoms with Crippen molar-refractivity contribution in [2.75, 3.05) is 33.4 Å². The maximum Gasteiger partial charge on any atom is 0.344 e. The molecule has 3 aromatic carbocycles. The molecule has 0 amide bonds. The minimum Gasteiger partial charge on any atom is -0.482 e. The highest BCUT2D eigenvalue weighted by molar-refractivity contribution is 8.33. The molecule has 4 bridgehead atoms. The van der Waals surface area contributed by atoms with Gasteiger partial charge < -0.3 is 18.9 Å². The van der Waals surface area contributed by atoms with Crippen molar-refractivity contribution in [2.24, 2.45) is 17.3 Å². The van der Waals surface area contributed by atoms with Gasteiger partial charge in [-0.15, -0.1) is 0 Å². The fraction of sp³-hybridized carbons (Fsp3) is 0.441. The van der Waals surface area contributed by atoms with Gasteiger partial charge >= 0.3 is 5.97 Å². The van der Waals surface area contributed by atoms with Crippen LogP contribution in [0.4, 0.5) is 0 Å². The SMILES string of the molecule is COCOC12CC3CC(CC(COC(=O)COc4ccc(S(C)(c5ccccc5)c5ccccc5)cc4)(C3)C1)C2. The van der Waals surface area contributed by atoms with E-state index in [-0.39, 0.29) is 23.6 Å². The molecular formula is C34H40O5S. The van der Waals surface area contributed by atoms with Gasteiger partial charge in [0, 0.05) is 12.5 Å². The quantitative estimate of drug-likeness (QED) is 0.180. The highest BCUT2D eigenvalue weighted by Crippen LogP contribution is 2.66. The van der Waals surface area contributed by atoms with E-state index in [1.54, 1.807) is 7.11 Å². The van der Waals surface area contributed by atoms with E-state index in [0.29, 0.717) is 31.0 Å². The van der Waals surface area contributed by atoms with Crippen LogP contribution in [-0.4, -0.2) is 44.9 Å². The van der Waals surface area contributed by atoms with Gasteiger partial charge in [-0.2, -0.15) is 10.0 Å². The summed E-state index contributed by atoms with van der Waals surface area (Å²) in [6.45, 7) is 0.698. The van der Waals surface area contributed by atoms with Crippen LogP contribution in [0, 0.1) is 17.3 Å². The third kappa shape index (κ3) is 5.41. The van der Waals surface area contributed by atoms with Gasteiger partial charge in [-0.3, -0.25) is 0 Å². The normalized spacial score (nSPS) is 27.4. The topological polar surface area (TPSA) is 54.0 Å². The fourth-order valence-corrected chi connectivity index (χ4v) is 10.8. The summed E-state index contributed by atoms with van der Waals surface area (Å²) in [5.41, 5.74) is -0.0853. The van der Waals surface area contributed by atoms with E-state index in [2.05, 4.69) is 79.1 Å². The molecule has 4 aliphatic carbocycles. The molecule has 6 heteroatoms. The smallest absolute Gasteiger partial charge is 0.344 e. The van der Waals surface area contributed by atoms with Crippen LogP contribution >= 0.6 is 10.0 Å². The second-order valence-electron chi connectivity index (χ2n) is 12.2. The van der Waals surface area contributed by atoms with Crippen LogP contribution in [0.25, 0.3) is 0 Å². The summed E-state index contributed by atoms with van der Waals surface area (Å²) in [7, 11) is 0.248. The summed E-state index contributed by atoms with van der Waals surface area (Å²) in [5, 5.41) is 0. The first-order valence-corrected chi connectivity index (χ1v) is 16.4. The van der Waals surface area contributed by atoms with Crippen LogP contribution in [-0.2, 0) is 19.0 Å². The summed E-state index contributed by atoms with van der Waals surface area (Å²) in [4.78, 5) is 16.6. The Kier molecular flexibility index (Phi) is 7.68. The number of hydrogen-bond acceptors (Lipinski definition) is 5. The van der Waals surface area contributed by atoms with Crippen molar-refractivity contribution in [3.05, 3.63) is 84.9 Å². The van der Waals surface area contributed by atoms with Gasteiger partial charge in [0.15, 0.2) is 6.61 Å². The Bertz CT molecular complexity index is 1240. The standard InChI is InChI=1S/C34H40O5S/c1-36-25-39-34-20-26-17-27(21-34)19-33(18-26,23-34)24-38-32(35)22-37-28-13-15-31(16-14-28)40(2,29-9-5-3-6-10-29)30-11-7-4-8-12-30/h3-16,26-27H,17-25H2,1-2H3. The molecule has 2 atom stereocenters. The van der Waals surface area contributed by atoms with Crippen molar-refractivity contribution < 1.29 is 23.7 Å². The van der Waals surface area contributed by atoms with Crippen LogP contribution in [0.5, 0.6) is 5.75 Å². The number of rotatable bonds is 11. The molecule has 0 spiro atoms. The summed E-state index contributed by atoms with van der Waals surface area (Å²) in [6.07, 6.45) is 9.04. The van der Waals surface area contributed by atoms with E-state index in [9.17, 15) is 4.79 Å². The van der Waals surface area contributed by atoms with Crippen molar-refractivity contribution in [3.8, 4) is 5.75 Å². The van der Waals surface area contributed by atoms with Crippen molar-refractivity contribution in [1.29, 1.82) is 0 Å². The molecule has 212 valence electrons. The largest absolute Gasteiger partial charge is 0.482 e. The molecule has 4 fully saturated rings. The number of benzene rings is 3. The van der Waals surface area contributed by atoms with Gasteiger partial charge in [0.25, 0.3) is 0 Å². The zero-order valence-electron chi connectivity index (χ0n) is 23.6. The minimum absolute atomic E-state index is 0.0250. The van der Waals surface area contributed by atoms with E-state index >= 15 is 0 Å². The molecule has 40 heavy (non-hydrogen) atoms. The Morgan fingerprint density at radius 3 is 1.98 bits per heavy atom. The Balaban J connectivity index is 1.08. The number of carbonyl (C=O) groups excluding carboxylic acids is 1. The lowest BCUT2D eigenvalue weighted by Gasteiger charge is -2.61. The molecular weight excluding hydrogens is 520 g/mol. The Morgan fingerprint density at radius 1 is 0.825 bits per heavy atom. The average molecular weight is 561 g/mol. The summed E-state index contributed by atoms with van der Waals surface area (Å²) in [5.74, 6) is 1.68. The van der Waals surface area contributed by atoms with Crippen molar-refractivity contribution in [1.82, 2.24) is 0 Å². The van der Waals surface area contributed by atoms with Crippen LogP contribution in [0.2, 0.25) is 0 Å². The summed E-state index contributed by atoms with van der Waals surface area (Å²) in [6, 6.07) is 29.5. The molecule has 0 saturated heterocycles. The van der Waals surface area contributed by atoms with Gasteiger partial charge in [-0.05, 0) is 120 Å². The van der Waals surface area contributed by atoms with Gasteiger partial charge in [-0.1, -0.05) is 36.4 Å². The number of hydrogen-bond donors (Lipinski definition) is 0. The minimum atomic E-state index is -1.43. The maximum absolute atomic E-state index is 12.8. The van der Waals surface area contributed by atoms with E-state index < -0.39 is 10.0 Å². The fourth-order valence-electron chi connectivity index (χ4n) is 7.91. The van der Waals surface area contributed by atoms with Crippen LogP contribution < -0.4 is 4.74 Å². The Labute approximate surface area is 239 Å². The van der Waals surface area contributed by atoms with Gasteiger partial charge in [-0.25, -0.2) is 4.79 Å². The number of methoxy groups -OCH3 is 1. The molecule has 4 aliphatic rings. The molecule has 5 nitrogen and oxygen atoms in total. The zero-order valence-corrected chi connectivity index (χ0v) is 24.4. The number of esters is 1. The lowest BCUT2D eigenvalue weighted by Crippen LogP contribution is -2.58. The highest BCUT2D eigenvalue weighted by atomic mass is 32.3. The van der Waals surface area contributed by atoms with E-state index in [1.807, 2.05) is 12.1 Å². The first-order valence-electron chi connectivity index (χ1n) is 14.3.